The summed E-state index contributed by atoms with van der Waals surface area (Å²) >= 11 is 0. The quantitative estimate of drug-likeness (QED) is 0.231. The lowest BCUT2D eigenvalue weighted by Gasteiger charge is -2.36. The third-order valence-corrected chi connectivity index (χ3v) is 6.21. The lowest BCUT2D eigenvalue weighted by atomic mass is 10.2. The van der Waals surface area contributed by atoms with E-state index in [-0.39, 0.29) is 35.9 Å². The fourth-order valence-electron chi connectivity index (χ4n) is 4.52. The van der Waals surface area contributed by atoms with Gasteiger partial charge in [0.25, 0.3) is 0 Å². The minimum atomic E-state index is 0. The van der Waals surface area contributed by atoms with Gasteiger partial charge >= 0.3 is 0 Å². The molecule has 0 saturated carbocycles. The van der Waals surface area contributed by atoms with Crippen LogP contribution < -0.4 is 5.32 Å². The number of likely N-dealkylation sites (N-methyl/N-ethyl adjacent to an activating group) is 1. The molecule has 1 atom stereocenters. The van der Waals surface area contributed by atoms with Gasteiger partial charge in [-0.1, -0.05) is 30.3 Å². The predicted octanol–water partition coefficient (Wildman–Crippen LogP) is 2.33. The van der Waals surface area contributed by atoms with Gasteiger partial charge in [-0.2, -0.15) is 0 Å². The summed E-state index contributed by atoms with van der Waals surface area (Å²) in [5.74, 6) is 1.27. The van der Waals surface area contributed by atoms with Crippen LogP contribution in [0.1, 0.15) is 31.7 Å². The Morgan fingerprint density at radius 2 is 1.84 bits per heavy atom. The summed E-state index contributed by atoms with van der Waals surface area (Å²) in [6.07, 6.45) is 3.08. The number of hydrogen-bond acceptors (Lipinski definition) is 4. The normalized spacial score (nSPS) is 20.2. The fourth-order valence-corrected chi connectivity index (χ4v) is 4.52. The molecule has 0 radical (unpaired) electrons. The summed E-state index contributed by atoms with van der Waals surface area (Å²) in [5.41, 5.74) is 1.38. The first-order valence-electron chi connectivity index (χ1n) is 11.8. The van der Waals surface area contributed by atoms with E-state index in [1.165, 1.54) is 5.56 Å². The number of carbonyl (C=O) groups is 1. The third kappa shape index (κ3) is 7.88. The molecule has 2 fully saturated rings. The van der Waals surface area contributed by atoms with Gasteiger partial charge in [0.2, 0.25) is 5.91 Å². The van der Waals surface area contributed by atoms with Crippen molar-refractivity contribution in [1.82, 2.24) is 24.9 Å². The largest absolute Gasteiger partial charge is 0.357 e. The lowest BCUT2D eigenvalue weighted by Crippen LogP contribution is -2.52. The Bertz CT molecular complexity index is 706. The number of halogens is 1. The van der Waals surface area contributed by atoms with Gasteiger partial charge in [0, 0.05) is 66.5 Å². The summed E-state index contributed by atoms with van der Waals surface area (Å²) in [5, 5.41) is 3.47. The molecule has 2 heterocycles. The molecule has 1 N–H and O–H groups in total. The van der Waals surface area contributed by atoms with E-state index >= 15 is 0 Å². The maximum Gasteiger partial charge on any atom is 0.239 e. The van der Waals surface area contributed by atoms with E-state index in [0.717, 1.165) is 84.1 Å². The Morgan fingerprint density at radius 3 is 2.50 bits per heavy atom. The minimum Gasteiger partial charge on any atom is -0.357 e. The Labute approximate surface area is 211 Å². The molecule has 32 heavy (non-hydrogen) atoms. The van der Waals surface area contributed by atoms with Gasteiger partial charge in [0.15, 0.2) is 5.96 Å². The molecule has 180 valence electrons. The summed E-state index contributed by atoms with van der Waals surface area (Å²) in [6.45, 7) is 10.9. The summed E-state index contributed by atoms with van der Waals surface area (Å²) in [4.78, 5) is 26.2. The van der Waals surface area contributed by atoms with Gasteiger partial charge in [-0.05, 0) is 38.3 Å². The van der Waals surface area contributed by atoms with E-state index in [0.29, 0.717) is 0 Å². The zero-order valence-electron chi connectivity index (χ0n) is 20.0. The minimum absolute atomic E-state index is 0. The first kappa shape index (κ1) is 26.9. The average Bonchev–Trinajstić information content (AvgIpc) is 3.25. The first-order valence-corrected chi connectivity index (χ1v) is 11.8. The Hall–Kier alpha value is -1.39. The highest BCUT2D eigenvalue weighted by Crippen LogP contribution is 2.19. The number of amides is 1. The summed E-state index contributed by atoms with van der Waals surface area (Å²) < 4.78 is 0. The van der Waals surface area contributed by atoms with Gasteiger partial charge in [-0.25, -0.2) is 0 Å². The molecular formula is C24H41IN6O. The molecule has 1 aromatic carbocycles. The van der Waals surface area contributed by atoms with Crippen molar-refractivity contribution < 1.29 is 4.79 Å². The van der Waals surface area contributed by atoms with Gasteiger partial charge in [-0.3, -0.25) is 19.6 Å². The molecule has 1 amide bonds. The van der Waals surface area contributed by atoms with Crippen LogP contribution in [0, 0.1) is 0 Å². The number of nitrogens with zero attached hydrogens (tertiary/aromatic N) is 5. The molecule has 0 spiro atoms. The van der Waals surface area contributed by atoms with Crippen LogP contribution in [0.5, 0.6) is 0 Å². The molecule has 1 unspecified atom stereocenters. The van der Waals surface area contributed by atoms with Gasteiger partial charge < -0.3 is 15.1 Å². The molecule has 1 aromatic rings. The highest BCUT2D eigenvalue weighted by atomic mass is 127. The van der Waals surface area contributed by atoms with Crippen LogP contribution in [0.3, 0.4) is 0 Å². The van der Waals surface area contributed by atoms with E-state index in [1.54, 1.807) is 4.90 Å². The second-order valence-electron chi connectivity index (χ2n) is 8.76. The topological polar surface area (TPSA) is 54.4 Å². The van der Waals surface area contributed by atoms with Crippen LogP contribution >= 0.6 is 24.0 Å². The Kier molecular flexibility index (Phi) is 11.7. The van der Waals surface area contributed by atoms with Crippen molar-refractivity contribution in [2.45, 2.75) is 38.8 Å². The molecule has 0 aromatic heterocycles. The SMILES string of the molecule is CCNC(=NCCCN1CCCC1C(=O)N(C)C)N1CCN(Cc2ccccc2)CC1.I. The van der Waals surface area contributed by atoms with E-state index in [1.807, 2.05) is 14.1 Å². The number of hydrogen-bond donors (Lipinski definition) is 1. The van der Waals surface area contributed by atoms with Crippen LogP contribution in [0.4, 0.5) is 0 Å². The molecule has 3 rings (SSSR count). The van der Waals surface area contributed by atoms with Crippen molar-refractivity contribution in [1.29, 1.82) is 0 Å². The van der Waals surface area contributed by atoms with E-state index in [9.17, 15) is 4.79 Å². The number of benzene rings is 1. The Balaban J connectivity index is 0.00000363. The monoisotopic (exact) mass is 556 g/mol. The van der Waals surface area contributed by atoms with Crippen molar-refractivity contribution in [3.05, 3.63) is 35.9 Å². The highest BCUT2D eigenvalue weighted by molar-refractivity contribution is 14.0. The Morgan fingerprint density at radius 1 is 1.12 bits per heavy atom. The predicted molar refractivity (Wildman–Crippen MR) is 143 cm³/mol. The van der Waals surface area contributed by atoms with Gasteiger partial charge in [-0.15, -0.1) is 24.0 Å². The third-order valence-electron chi connectivity index (χ3n) is 6.21. The molecule has 0 aliphatic carbocycles. The van der Waals surface area contributed by atoms with Crippen molar-refractivity contribution in [2.75, 3.05) is 66.5 Å². The molecule has 7 nitrogen and oxygen atoms in total. The molecule has 0 bridgehead atoms. The number of guanidine groups is 1. The van der Waals surface area contributed by atoms with Crippen molar-refractivity contribution >= 4 is 35.8 Å². The number of carbonyl (C=O) groups excluding carboxylic acids is 1. The molecule has 2 saturated heterocycles. The number of rotatable bonds is 8. The van der Waals surface area contributed by atoms with Crippen LogP contribution in [0.25, 0.3) is 0 Å². The fraction of sp³-hybridized carbons (Fsp3) is 0.667. The first-order chi connectivity index (χ1) is 15.1. The average molecular weight is 557 g/mol. The second kappa shape index (κ2) is 14.0. The van der Waals surface area contributed by atoms with Crippen LogP contribution in [-0.2, 0) is 11.3 Å². The molecule has 8 heteroatoms. The zero-order chi connectivity index (χ0) is 22.1. The molecule has 2 aliphatic rings. The van der Waals surface area contributed by atoms with Crippen molar-refractivity contribution in [2.24, 2.45) is 4.99 Å². The maximum atomic E-state index is 12.4. The second-order valence-corrected chi connectivity index (χ2v) is 8.76. The van der Waals surface area contributed by atoms with Crippen LogP contribution in [0.15, 0.2) is 35.3 Å². The molecule has 2 aliphatic heterocycles. The summed E-state index contributed by atoms with van der Waals surface area (Å²) in [7, 11) is 3.71. The zero-order valence-corrected chi connectivity index (χ0v) is 22.3. The standard InChI is InChI=1S/C24H40N6O.HI/c1-4-25-24(26-13-9-15-29-14-8-12-22(29)23(31)27(2)3)30-18-16-28(17-19-30)20-21-10-6-5-7-11-21;/h5-7,10-11,22H,4,8-9,12-20H2,1-3H3,(H,25,26);1H. The smallest absolute Gasteiger partial charge is 0.239 e. The van der Waals surface area contributed by atoms with E-state index in [2.05, 4.69) is 57.3 Å². The van der Waals surface area contributed by atoms with Crippen molar-refractivity contribution in [3.63, 3.8) is 0 Å². The van der Waals surface area contributed by atoms with Crippen LogP contribution in [0.2, 0.25) is 0 Å². The highest BCUT2D eigenvalue weighted by Gasteiger charge is 2.31. The van der Waals surface area contributed by atoms with Crippen LogP contribution in [-0.4, -0.2) is 104 Å². The number of likely N-dealkylation sites (tertiary alicyclic amines) is 1. The number of piperazine rings is 1. The lowest BCUT2D eigenvalue weighted by molar-refractivity contribution is -0.133. The summed E-state index contributed by atoms with van der Waals surface area (Å²) in [6, 6.07) is 10.8. The maximum absolute atomic E-state index is 12.4. The number of aliphatic imine (C=N–C) groups is 1. The van der Waals surface area contributed by atoms with Gasteiger partial charge in [0.1, 0.15) is 0 Å². The number of nitrogens with one attached hydrogen (secondary N) is 1. The van der Waals surface area contributed by atoms with Crippen molar-refractivity contribution in [3.8, 4) is 0 Å². The molecular weight excluding hydrogens is 515 g/mol. The van der Waals surface area contributed by atoms with Gasteiger partial charge in [0.05, 0.1) is 6.04 Å². The van der Waals surface area contributed by atoms with E-state index < -0.39 is 0 Å². The van der Waals surface area contributed by atoms with E-state index in [4.69, 9.17) is 4.99 Å².